The van der Waals surface area contributed by atoms with Crippen LogP contribution in [0.25, 0.3) is 0 Å². The Morgan fingerprint density at radius 1 is 1.22 bits per heavy atom. The summed E-state index contributed by atoms with van der Waals surface area (Å²) in [6.07, 6.45) is 1.25. The molecule has 2 aromatic rings. The maximum Gasteiger partial charge on any atom is 0.276 e. The Bertz CT molecular complexity index is 899. The van der Waals surface area contributed by atoms with Crippen LogP contribution in [0.15, 0.2) is 58.5 Å². The van der Waals surface area contributed by atoms with Gasteiger partial charge >= 0.3 is 0 Å². The Morgan fingerprint density at radius 2 is 1.91 bits per heavy atom. The predicted octanol–water partition coefficient (Wildman–Crippen LogP) is 1.78. The van der Waals surface area contributed by atoms with E-state index in [1.807, 2.05) is 10.9 Å². The first-order chi connectivity index (χ1) is 10.9. The molecule has 2 aromatic carbocycles. The minimum atomic E-state index is -3.92. The molecule has 0 aliphatic carbocycles. The molecule has 0 fully saturated rings. The van der Waals surface area contributed by atoms with Gasteiger partial charge in [0, 0.05) is 12.1 Å². The zero-order valence-corrected chi connectivity index (χ0v) is 12.4. The van der Waals surface area contributed by atoms with Crippen molar-refractivity contribution in [2.45, 2.75) is 4.90 Å². The van der Waals surface area contributed by atoms with E-state index >= 15 is 0 Å². The van der Waals surface area contributed by atoms with Crippen LogP contribution < -0.4 is 4.83 Å². The monoisotopic (exact) mass is 330 g/mol. The third-order valence-corrected chi connectivity index (χ3v) is 4.00. The highest BCUT2D eigenvalue weighted by molar-refractivity contribution is 7.89. The topological polar surface area (TPSA) is 125 Å². The van der Waals surface area contributed by atoms with Crippen molar-refractivity contribution in [3.05, 3.63) is 69.8 Å². The van der Waals surface area contributed by atoms with Gasteiger partial charge in [0.05, 0.1) is 27.7 Å². The number of sulfonamides is 1. The van der Waals surface area contributed by atoms with E-state index in [4.69, 9.17) is 5.26 Å². The van der Waals surface area contributed by atoms with E-state index < -0.39 is 14.9 Å². The Labute approximate surface area is 131 Å². The lowest BCUT2D eigenvalue weighted by Gasteiger charge is -2.02. The number of benzene rings is 2. The van der Waals surface area contributed by atoms with Crippen molar-refractivity contribution in [2.75, 3.05) is 0 Å². The molecule has 0 saturated carbocycles. The number of hydrazone groups is 1. The summed E-state index contributed by atoms with van der Waals surface area (Å²) in [5, 5.41) is 22.9. The molecular formula is C14H10N4O4S. The van der Waals surface area contributed by atoms with E-state index in [2.05, 4.69) is 5.10 Å². The van der Waals surface area contributed by atoms with Crippen molar-refractivity contribution in [2.24, 2.45) is 5.10 Å². The highest BCUT2D eigenvalue weighted by atomic mass is 32.2. The molecule has 0 atom stereocenters. The number of nitro groups is 1. The van der Waals surface area contributed by atoms with E-state index in [1.165, 1.54) is 6.21 Å². The van der Waals surface area contributed by atoms with Crippen LogP contribution in [0.1, 0.15) is 11.1 Å². The zero-order valence-electron chi connectivity index (χ0n) is 11.6. The van der Waals surface area contributed by atoms with Gasteiger partial charge in [-0.1, -0.05) is 12.1 Å². The second-order valence-corrected chi connectivity index (χ2v) is 6.00. The summed E-state index contributed by atoms with van der Waals surface area (Å²) in [7, 11) is -3.92. The van der Waals surface area contributed by atoms with Crippen LogP contribution in [-0.4, -0.2) is 19.6 Å². The number of rotatable bonds is 5. The second-order valence-electron chi connectivity index (χ2n) is 4.34. The molecule has 0 aliphatic heterocycles. The lowest BCUT2D eigenvalue weighted by Crippen LogP contribution is -2.18. The standard InChI is InChI=1S/C14H10N4O4S/c15-9-11-2-1-3-12(8-11)10-16-17-23(21,22)14-6-4-13(5-7-14)18(19)20/h1-8,10,17H/b16-10+. The third kappa shape index (κ3) is 4.12. The molecule has 0 unspecified atom stereocenters. The Balaban J connectivity index is 2.13. The minimum absolute atomic E-state index is 0.147. The van der Waals surface area contributed by atoms with Gasteiger partial charge in [-0.3, -0.25) is 10.1 Å². The molecule has 0 spiro atoms. The minimum Gasteiger partial charge on any atom is -0.258 e. The first kappa shape index (κ1) is 16.1. The molecule has 1 N–H and O–H groups in total. The van der Waals surface area contributed by atoms with Gasteiger partial charge in [0.2, 0.25) is 0 Å². The normalized spacial score (nSPS) is 11.1. The summed E-state index contributed by atoms with van der Waals surface area (Å²) < 4.78 is 24.0. The van der Waals surface area contributed by atoms with Crippen molar-refractivity contribution in [1.29, 1.82) is 5.26 Å². The number of non-ortho nitro benzene ring substituents is 1. The molecule has 0 bridgehead atoms. The maximum atomic E-state index is 12.0. The van der Waals surface area contributed by atoms with Crippen LogP contribution in [0.2, 0.25) is 0 Å². The van der Waals surface area contributed by atoms with Crippen LogP contribution in [-0.2, 0) is 10.0 Å². The highest BCUT2D eigenvalue weighted by Crippen LogP contribution is 2.15. The van der Waals surface area contributed by atoms with E-state index in [0.717, 1.165) is 24.3 Å². The fourth-order valence-corrected chi connectivity index (χ4v) is 2.45. The Kier molecular flexibility index (Phi) is 4.68. The van der Waals surface area contributed by atoms with Gasteiger partial charge in [-0.05, 0) is 29.8 Å². The third-order valence-electron chi connectivity index (χ3n) is 2.76. The fraction of sp³-hybridized carbons (Fsp3) is 0. The van der Waals surface area contributed by atoms with Crippen LogP contribution in [0.3, 0.4) is 0 Å². The van der Waals surface area contributed by atoms with Crippen molar-refractivity contribution >= 4 is 21.9 Å². The molecule has 9 heteroatoms. The van der Waals surface area contributed by atoms with Crippen molar-refractivity contribution in [3.8, 4) is 6.07 Å². The molecule has 8 nitrogen and oxygen atoms in total. The van der Waals surface area contributed by atoms with Crippen molar-refractivity contribution in [1.82, 2.24) is 4.83 Å². The molecule has 0 saturated heterocycles. The van der Waals surface area contributed by atoms with Crippen LogP contribution in [0.4, 0.5) is 5.69 Å². The van der Waals surface area contributed by atoms with E-state index in [9.17, 15) is 18.5 Å². The number of nitrogens with one attached hydrogen (secondary N) is 1. The molecule has 0 radical (unpaired) electrons. The number of nitrogens with zero attached hydrogens (tertiary/aromatic N) is 3. The lowest BCUT2D eigenvalue weighted by molar-refractivity contribution is -0.384. The summed E-state index contributed by atoms with van der Waals surface area (Å²) in [5.74, 6) is 0. The smallest absolute Gasteiger partial charge is 0.258 e. The van der Waals surface area contributed by atoms with Gasteiger partial charge in [-0.25, -0.2) is 4.83 Å². The number of hydrogen-bond donors (Lipinski definition) is 1. The molecule has 0 amide bonds. The highest BCUT2D eigenvalue weighted by Gasteiger charge is 2.14. The number of nitro benzene ring substituents is 1. The van der Waals surface area contributed by atoms with Gasteiger partial charge in [0.25, 0.3) is 15.7 Å². The number of nitriles is 1. The number of hydrogen-bond acceptors (Lipinski definition) is 6. The summed E-state index contributed by atoms with van der Waals surface area (Å²) in [6.45, 7) is 0. The maximum absolute atomic E-state index is 12.0. The first-order valence-electron chi connectivity index (χ1n) is 6.22. The van der Waals surface area contributed by atoms with Crippen molar-refractivity contribution in [3.63, 3.8) is 0 Å². The molecule has 0 heterocycles. The van der Waals surface area contributed by atoms with Crippen molar-refractivity contribution < 1.29 is 13.3 Å². The van der Waals surface area contributed by atoms with Gasteiger partial charge in [0.1, 0.15) is 0 Å². The van der Waals surface area contributed by atoms with Crippen LogP contribution in [0.5, 0.6) is 0 Å². The van der Waals surface area contributed by atoms with E-state index in [1.54, 1.807) is 24.3 Å². The van der Waals surface area contributed by atoms with Gasteiger partial charge in [-0.2, -0.15) is 18.8 Å². The quantitative estimate of drug-likeness (QED) is 0.508. The molecule has 0 aliphatic rings. The molecular weight excluding hydrogens is 320 g/mol. The molecule has 0 aromatic heterocycles. The Morgan fingerprint density at radius 3 is 2.52 bits per heavy atom. The Hall–Kier alpha value is -3.25. The van der Waals surface area contributed by atoms with Gasteiger partial charge < -0.3 is 0 Å². The van der Waals surface area contributed by atoms with Crippen LogP contribution >= 0.6 is 0 Å². The summed E-state index contributed by atoms with van der Waals surface area (Å²) in [6, 6.07) is 12.8. The van der Waals surface area contributed by atoms with E-state index in [-0.39, 0.29) is 10.6 Å². The SMILES string of the molecule is N#Cc1cccc(/C=N/NS(=O)(=O)c2ccc([N+](=O)[O-])cc2)c1. The summed E-state index contributed by atoms with van der Waals surface area (Å²) in [4.78, 5) is 11.8. The van der Waals surface area contributed by atoms with Gasteiger partial charge in [0.15, 0.2) is 0 Å². The average molecular weight is 330 g/mol. The molecule has 23 heavy (non-hydrogen) atoms. The lowest BCUT2D eigenvalue weighted by atomic mass is 10.1. The van der Waals surface area contributed by atoms with E-state index in [0.29, 0.717) is 11.1 Å². The van der Waals surface area contributed by atoms with Gasteiger partial charge in [-0.15, -0.1) is 0 Å². The summed E-state index contributed by atoms with van der Waals surface area (Å²) >= 11 is 0. The second kappa shape index (κ2) is 6.67. The largest absolute Gasteiger partial charge is 0.276 e. The molecule has 2 rings (SSSR count). The summed E-state index contributed by atoms with van der Waals surface area (Å²) in [5.41, 5.74) is 0.767. The fourth-order valence-electron chi connectivity index (χ4n) is 1.66. The zero-order chi connectivity index (χ0) is 16.9. The molecule has 116 valence electrons. The van der Waals surface area contributed by atoms with Crippen LogP contribution in [0, 0.1) is 21.4 Å². The predicted molar refractivity (Wildman–Crippen MR) is 82.2 cm³/mol. The first-order valence-corrected chi connectivity index (χ1v) is 7.70. The average Bonchev–Trinajstić information content (AvgIpc) is 2.55.